The van der Waals surface area contributed by atoms with E-state index in [0.29, 0.717) is 11.4 Å². The monoisotopic (exact) mass is 352 g/mol. The molecule has 0 aromatic heterocycles. The lowest BCUT2D eigenvalue weighted by Gasteiger charge is -2.12. The summed E-state index contributed by atoms with van der Waals surface area (Å²) < 4.78 is 0. The first-order valence-corrected chi connectivity index (χ1v) is 6.77. The van der Waals surface area contributed by atoms with Crippen LogP contribution in [0.25, 0.3) is 0 Å². The lowest BCUT2D eigenvalue weighted by Crippen LogP contribution is -2.08. The standard InChI is InChI=1S/C12H8Cl4N2O2/c13-7-1-5(2-8(14)11(7)19)17-18-6-3-9(15)12(20)10(16)4-6/h1-4,17-20H. The fourth-order valence-corrected chi connectivity index (χ4v) is 2.39. The quantitative estimate of drug-likeness (QED) is 0.455. The first-order chi connectivity index (χ1) is 9.38. The van der Waals surface area contributed by atoms with Crippen LogP contribution in [0.2, 0.25) is 20.1 Å². The van der Waals surface area contributed by atoms with Crippen molar-refractivity contribution in [2.45, 2.75) is 0 Å². The van der Waals surface area contributed by atoms with Crippen LogP contribution in [0.4, 0.5) is 11.4 Å². The molecule has 2 aromatic rings. The Balaban J connectivity index is 2.17. The first kappa shape index (κ1) is 15.2. The highest BCUT2D eigenvalue weighted by molar-refractivity contribution is 6.38. The summed E-state index contributed by atoms with van der Waals surface area (Å²) in [6, 6.07) is 5.94. The van der Waals surface area contributed by atoms with E-state index in [1.54, 1.807) is 0 Å². The van der Waals surface area contributed by atoms with Crippen molar-refractivity contribution in [2.24, 2.45) is 0 Å². The van der Waals surface area contributed by atoms with Crippen molar-refractivity contribution >= 4 is 57.8 Å². The lowest BCUT2D eigenvalue weighted by molar-refractivity contribution is 0.475. The highest BCUT2D eigenvalue weighted by Gasteiger charge is 2.08. The van der Waals surface area contributed by atoms with E-state index < -0.39 is 0 Å². The molecule has 0 unspecified atom stereocenters. The van der Waals surface area contributed by atoms with Crippen LogP contribution in [0, 0.1) is 0 Å². The van der Waals surface area contributed by atoms with Crippen LogP contribution in [-0.2, 0) is 0 Å². The van der Waals surface area contributed by atoms with Crippen molar-refractivity contribution in [2.75, 3.05) is 10.9 Å². The van der Waals surface area contributed by atoms with Crippen LogP contribution in [0.3, 0.4) is 0 Å². The van der Waals surface area contributed by atoms with Gasteiger partial charge < -0.3 is 21.1 Å². The van der Waals surface area contributed by atoms with Gasteiger partial charge in [-0.25, -0.2) is 0 Å². The van der Waals surface area contributed by atoms with Crippen LogP contribution in [-0.4, -0.2) is 10.2 Å². The molecule has 20 heavy (non-hydrogen) atoms. The van der Waals surface area contributed by atoms with Gasteiger partial charge in [-0.15, -0.1) is 0 Å². The van der Waals surface area contributed by atoms with E-state index in [0.717, 1.165) is 0 Å². The van der Waals surface area contributed by atoms with Crippen molar-refractivity contribution in [1.29, 1.82) is 0 Å². The van der Waals surface area contributed by atoms with E-state index in [2.05, 4.69) is 10.9 Å². The highest BCUT2D eigenvalue weighted by atomic mass is 35.5. The third-order valence-electron chi connectivity index (χ3n) is 2.38. The maximum Gasteiger partial charge on any atom is 0.152 e. The average molecular weight is 354 g/mol. The summed E-state index contributed by atoms with van der Waals surface area (Å²) in [6.45, 7) is 0. The van der Waals surface area contributed by atoms with E-state index in [4.69, 9.17) is 46.4 Å². The number of anilines is 2. The van der Waals surface area contributed by atoms with Crippen LogP contribution >= 0.6 is 46.4 Å². The third-order valence-corrected chi connectivity index (χ3v) is 3.54. The summed E-state index contributed by atoms with van der Waals surface area (Å²) >= 11 is 23.2. The fourth-order valence-electron chi connectivity index (χ4n) is 1.42. The number of hydrogen-bond acceptors (Lipinski definition) is 4. The van der Waals surface area contributed by atoms with Crippen molar-refractivity contribution < 1.29 is 10.2 Å². The maximum absolute atomic E-state index is 9.44. The SMILES string of the molecule is Oc1c(Cl)cc(NNc2cc(Cl)c(O)c(Cl)c2)cc1Cl. The molecule has 4 nitrogen and oxygen atoms in total. The number of rotatable bonds is 3. The van der Waals surface area contributed by atoms with Gasteiger partial charge in [0.1, 0.15) is 0 Å². The second-order valence-electron chi connectivity index (χ2n) is 3.83. The topological polar surface area (TPSA) is 64.5 Å². The molecule has 0 amide bonds. The third kappa shape index (κ3) is 3.27. The van der Waals surface area contributed by atoms with Gasteiger partial charge in [0.2, 0.25) is 0 Å². The number of phenols is 2. The normalized spacial score (nSPS) is 10.4. The Kier molecular flexibility index (Phi) is 4.60. The predicted molar refractivity (Wildman–Crippen MR) is 83.5 cm³/mol. The minimum Gasteiger partial charge on any atom is -0.505 e. The molecule has 0 bridgehead atoms. The second kappa shape index (κ2) is 6.06. The molecular weight excluding hydrogens is 346 g/mol. The first-order valence-electron chi connectivity index (χ1n) is 5.26. The van der Waals surface area contributed by atoms with Crippen molar-refractivity contribution in [3.8, 4) is 11.5 Å². The van der Waals surface area contributed by atoms with E-state index in [1.165, 1.54) is 24.3 Å². The predicted octanol–water partition coefficient (Wildman–Crippen LogP) is 5.15. The molecule has 2 aromatic carbocycles. The lowest BCUT2D eigenvalue weighted by atomic mass is 10.3. The molecule has 0 aliphatic heterocycles. The number of hydrazine groups is 1. The minimum absolute atomic E-state index is 0.114. The summed E-state index contributed by atoms with van der Waals surface area (Å²) in [5.41, 5.74) is 6.68. The Morgan fingerprint density at radius 3 is 1.10 bits per heavy atom. The molecule has 0 radical (unpaired) electrons. The number of halogens is 4. The molecule has 4 N–H and O–H groups in total. The highest BCUT2D eigenvalue weighted by Crippen LogP contribution is 2.36. The van der Waals surface area contributed by atoms with Gasteiger partial charge in [0, 0.05) is 0 Å². The fraction of sp³-hybridized carbons (Fsp3) is 0. The summed E-state index contributed by atoms with van der Waals surface area (Å²) in [5, 5.41) is 19.3. The Hall–Kier alpha value is -1.20. The minimum atomic E-state index is -0.186. The smallest absolute Gasteiger partial charge is 0.152 e. The van der Waals surface area contributed by atoms with Crippen molar-refractivity contribution in [3.05, 3.63) is 44.4 Å². The van der Waals surface area contributed by atoms with Gasteiger partial charge >= 0.3 is 0 Å². The van der Waals surface area contributed by atoms with Crippen LogP contribution in [0.15, 0.2) is 24.3 Å². The van der Waals surface area contributed by atoms with Crippen molar-refractivity contribution in [1.82, 2.24) is 0 Å². The average Bonchev–Trinajstić information content (AvgIpc) is 2.39. The van der Waals surface area contributed by atoms with Gasteiger partial charge in [-0.1, -0.05) is 46.4 Å². The molecule has 0 spiro atoms. The van der Waals surface area contributed by atoms with Crippen LogP contribution < -0.4 is 10.9 Å². The molecule has 106 valence electrons. The van der Waals surface area contributed by atoms with Gasteiger partial charge in [-0.05, 0) is 24.3 Å². The summed E-state index contributed by atoms with van der Waals surface area (Å²) in [6.07, 6.45) is 0. The van der Waals surface area contributed by atoms with Crippen molar-refractivity contribution in [3.63, 3.8) is 0 Å². The van der Waals surface area contributed by atoms with Gasteiger partial charge in [-0.2, -0.15) is 0 Å². The number of benzene rings is 2. The zero-order chi connectivity index (χ0) is 14.9. The van der Waals surface area contributed by atoms with E-state index in [9.17, 15) is 10.2 Å². The molecule has 0 aliphatic carbocycles. The molecule has 0 atom stereocenters. The Bertz CT molecular complexity index is 560. The molecule has 0 heterocycles. The Labute approximate surface area is 134 Å². The molecule has 0 saturated heterocycles. The summed E-state index contributed by atoms with van der Waals surface area (Å²) in [5.74, 6) is -0.371. The van der Waals surface area contributed by atoms with Gasteiger partial charge in [-0.3, -0.25) is 0 Å². The van der Waals surface area contributed by atoms with E-state index in [-0.39, 0.29) is 31.6 Å². The van der Waals surface area contributed by atoms with Gasteiger partial charge in [0.15, 0.2) is 11.5 Å². The number of nitrogens with one attached hydrogen (secondary N) is 2. The second-order valence-corrected chi connectivity index (χ2v) is 5.46. The Morgan fingerprint density at radius 2 is 0.850 bits per heavy atom. The molecule has 0 aliphatic rings. The summed E-state index contributed by atoms with van der Waals surface area (Å²) in [7, 11) is 0. The zero-order valence-corrected chi connectivity index (χ0v) is 12.7. The molecule has 8 heteroatoms. The van der Waals surface area contributed by atoms with Crippen LogP contribution in [0.1, 0.15) is 0 Å². The largest absolute Gasteiger partial charge is 0.505 e. The molecule has 0 saturated carbocycles. The Morgan fingerprint density at radius 1 is 0.600 bits per heavy atom. The van der Waals surface area contributed by atoms with E-state index in [1.807, 2.05) is 0 Å². The molecule has 0 fully saturated rings. The molecular formula is C12H8Cl4N2O2. The van der Waals surface area contributed by atoms with Crippen LogP contribution in [0.5, 0.6) is 11.5 Å². The van der Waals surface area contributed by atoms with Gasteiger partial charge in [0.25, 0.3) is 0 Å². The number of hydrogen-bond donors (Lipinski definition) is 4. The zero-order valence-electron chi connectivity index (χ0n) is 9.72. The maximum atomic E-state index is 9.44. The van der Waals surface area contributed by atoms with E-state index >= 15 is 0 Å². The number of phenolic OH excluding ortho intramolecular Hbond substituents is 2. The summed E-state index contributed by atoms with van der Waals surface area (Å²) in [4.78, 5) is 0. The molecule has 2 rings (SSSR count). The number of aromatic hydroxyl groups is 2. The van der Waals surface area contributed by atoms with Gasteiger partial charge in [0.05, 0.1) is 31.5 Å².